The molecule has 278 valence electrons. The molecule has 10 rings (SSSR count). The van der Waals surface area contributed by atoms with E-state index in [1.165, 1.54) is 0 Å². The van der Waals surface area contributed by atoms with Gasteiger partial charge in [-0.25, -0.2) is 20.0 Å². The quantitative estimate of drug-likeness (QED) is 0.154. The molecule has 8 aromatic carbocycles. The number of rotatable bonds is 7. The molecule has 0 atom stereocenters. The number of hydrogen-bond acceptors (Lipinski definition) is 4. The second-order valence-electron chi connectivity index (χ2n) is 14.3. The molecule has 0 unspecified atom stereocenters. The van der Waals surface area contributed by atoms with Gasteiger partial charge in [-0.05, 0) is 70.1 Å². The van der Waals surface area contributed by atoms with E-state index in [1.807, 2.05) is 121 Å². The number of nitrogens with zero attached hydrogens (tertiary/aromatic N) is 4. The fourth-order valence-electron chi connectivity index (χ4n) is 8.13. The van der Waals surface area contributed by atoms with Crippen molar-refractivity contribution in [2.24, 2.45) is 20.0 Å². The van der Waals surface area contributed by atoms with E-state index < -0.39 is 11.3 Å². The molecule has 0 aliphatic carbocycles. The van der Waals surface area contributed by atoms with Crippen LogP contribution in [0.3, 0.4) is 0 Å². The Hall–Kier alpha value is -5.88. The van der Waals surface area contributed by atoms with Crippen molar-refractivity contribution in [3.63, 3.8) is 0 Å². The van der Waals surface area contributed by atoms with Gasteiger partial charge < -0.3 is 0 Å². The molecular formula is C50H30Cl4N4. The van der Waals surface area contributed by atoms with Gasteiger partial charge >= 0.3 is 0 Å². The standard InChI is InChI=1S/C50H30Cl4N4/c51-37-23-15-33(16-24-37)45-46(34-17-25-38(52)26-18-34)56-49(55-45,43-13-5-9-31-7-1-3-11-41(31)43)50(44-14-6-10-32-8-2-4-12-42(32)44)57-47(35-19-27-39(53)28-20-35)48(58-50)36-21-29-40(54)30-22-36/h1-30H. The summed E-state index contributed by atoms with van der Waals surface area (Å²) >= 11 is 26.0. The van der Waals surface area contributed by atoms with Gasteiger partial charge in [0.15, 0.2) is 0 Å². The first-order chi connectivity index (χ1) is 28.3. The van der Waals surface area contributed by atoms with E-state index in [9.17, 15) is 0 Å². The predicted octanol–water partition coefficient (Wildman–Crippen LogP) is 13.6. The highest BCUT2D eigenvalue weighted by Crippen LogP contribution is 2.57. The van der Waals surface area contributed by atoms with E-state index in [1.54, 1.807) is 0 Å². The molecule has 58 heavy (non-hydrogen) atoms. The Labute approximate surface area is 355 Å². The minimum atomic E-state index is -1.52. The van der Waals surface area contributed by atoms with Crippen LogP contribution in [0.1, 0.15) is 33.4 Å². The SMILES string of the molecule is Clc1ccc(C2=NC(c3cccc4ccccc34)(C3(c4cccc5ccccc45)N=C(c4ccc(Cl)cc4)C(c4ccc(Cl)cc4)=N3)N=C2c2ccc(Cl)cc2)cc1. The lowest BCUT2D eigenvalue weighted by Crippen LogP contribution is -2.43. The first kappa shape index (κ1) is 36.5. The Morgan fingerprint density at radius 2 is 0.534 bits per heavy atom. The van der Waals surface area contributed by atoms with Crippen LogP contribution in [-0.4, -0.2) is 22.8 Å². The topological polar surface area (TPSA) is 49.4 Å². The third-order valence-electron chi connectivity index (χ3n) is 10.8. The third-order valence-corrected chi connectivity index (χ3v) is 11.8. The molecule has 0 N–H and O–H groups in total. The van der Waals surface area contributed by atoms with Crippen LogP contribution in [0.25, 0.3) is 21.5 Å². The van der Waals surface area contributed by atoms with E-state index in [-0.39, 0.29) is 0 Å². The highest BCUT2D eigenvalue weighted by Gasteiger charge is 2.61. The fourth-order valence-corrected chi connectivity index (χ4v) is 8.64. The summed E-state index contributed by atoms with van der Waals surface area (Å²) in [5.74, 6) is 0. The van der Waals surface area contributed by atoms with Crippen molar-refractivity contribution < 1.29 is 0 Å². The number of halogens is 4. The van der Waals surface area contributed by atoms with Crippen molar-refractivity contribution in [1.29, 1.82) is 0 Å². The molecule has 2 aliphatic rings. The van der Waals surface area contributed by atoms with E-state index in [0.29, 0.717) is 42.9 Å². The average Bonchev–Trinajstić information content (AvgIpc) is 3.87. The molecule has 0 saturated carbocycles. The average molecular weight is 829 g/mol. The molecule has 4 nitrogen and oxygen atoms in total. The smallest absolute Gasteiger partial charge is 0.227 e. The number of fused-ring (bicyclic) bond motifs is 2. The van der Waals surface area contributed by atoms with Crippen LogP contribution >= 0.6 is 46.4 Å². The van der Waals surface area contributed by atoms with E-state index >= 15 is 0 Å². The molecule has 0 radical (unpaired) electrons. The summed E-state index contributed by atoms with van der Waals surface area (Å²) in [5, 5.41) is 6.48. The zero-order valence-electron chi connectivity index (χ0n) is 30.6. The Morgan fingerprint density at radius 3 is 0.828 bits per heavy atom. The maximum absolute atomic E-state index is 6.50. The number of benzene rings is 8. The van der Waals surface area contributed by atoms with Crippen molar-refractivity contribution in [3.8, 4) is 0 Å². The van der Waals surface area contributed by atoms with Crippen LogP contribution in [-0.2, 0) is 11.3 Å². The van der Waals surface area contributed by atoms with Crippen molar-refractivity contribution in [2.45, 2.75) is 11.3 Å². The van der Waals surface area contributed by atoms with E-state index in [2.05, 4.69) is 60.7 Å². The summed E-state index contributed by atoms with van der Waals surface area (Å²) in [4.78, 5) is 23.7. The first-order valence-corrected chi connectivity index (χ1v) is 20.2. The maximum Gasteiger partial charge on any atom is 0.227 e. The second kappa shape index (κ2) is 14.5. The molecule has 0 fully saturated rings. The Morgan fingerprint density at radius 1 is 0.276 bits per heavy atom. The molecule has 8 heteroatoms. The highest BCUT2D eigenvalue weighted by molar-refractivity contribution is 6.56. The molecular weight excluding hydrogens is 798 g/mol. The molecule has 2 heterocycles. The summed E-state index contributed by atoms with van der Waals surface area (Å²) in [6, 6.07) is 60.1. The molecule has 2 aliphatic heterocycles. The Bertz CT molecular complexity index is 2680. The Balaban J connectivity index is 1.42. The monoisotopic (exact) mass is 826 g/mol. The van der Waals surface area contributed by atoms with Gasteiger partial charge in [0.25, 0.3) is 0 Å². The van der Waals surface area contributed by atoms with Crippen molar-refractivity contribution in [2.75, 3.05) is 0 Å². The van der Waals surface area contributed by atoms with Gasteiger partial charge in [-0.15, -0.1) is 0 Å². The number of hydrogen-bond donors (Lipinski definition) is 0. The Kier molecular flexibility index (Phi) is 9.11. The summed E-state index contributed by atoms with van der Waals surface area (Å²) < 4.78 is 0. The molecule has 0 aromatic heterocycles. The van der Waals surface area contributed by atoms with Gasteiger partial charge in [0.1, 0.15) is 0 Å². The van der Waals surface area contributed by atoms with Crippen LogP contribution in [0.4, 0.5) is 0 Å². The zero-order valence-corrected chi connectivity index (χ0v) is 33.6. The normalized spacial score (nSPS) is 15.6. The maximum atomic E-state index is 6.50. The van der Waals surface area contributed by atoms with Crippen molar-refractivity contribution in [1.82, 2.24) is 0 Å². The molecule has 0 saturated heterocycles. The van der Waals surface area contributed by atoms with Crippen LogP contribution < -0.4 is 0 Å². The lowest BCUT2D eigenvalue weighted by atomic mass is 9.78. The third kappa shape index (κ3) is 6.07. The molecule has 8 aromatic rings. The van der Waals surface area contributed by atoms with Gasteiger partial charge in [-0.1, -0.05) is 180 Å². The summed E-state index contributed by atoms with van der Waals surface area (Å²) in [6.07, 6.45) is 0. The van der Waals surface area contributed by atoms with Gasteiger partial charge in [-0.3, -0.25) is 0 Å². The van der Waals surface area contributed by atoms with Crippen molar-refractivity contribution in [3.05, 3.63) is 235 Å². The van der Waals surface area contributed by atoms with Gasteiger partial charge in [0, 0.05) is 53.5 Å². The second-order valence-corrected chi connectivity index (χ2v) is 16.0. The molecule has 0 spiro atoms. The minimum Gasteiger partial charge on any atom is -0.243 e. The summed E-state index contributed by atoms with van der Waals surface area (Å²) in [6.45, 7) is 0. The van der Waals surface area contributed by atoms with Crippen LogP contribution in [0.5, 0.6) is 0 Å². The fraction of sp³-hybridized carbons (Fsp3) is 0.0400. The summed E-state index contributed by atoms with van der Waals surface area (Å²) in [7, 11) is 0. The summed E-state index contributed by atoms with van der Waals surface area (Å²) in [5.41, 5.74) is 4.70. The van der Waals surface area contributed by atoms with Crippen LogP contribution in [0.15, 0.2) is 202 Å². The zero-order chi connectivity index (χ0) is 39.4. The largest absolute Gasteiger partial charge is 0.243 e. The van der Waals surface area contributed by atoms with Gasteiger partial charge in [0.05, 0.1) is 22.8 Å². The van der Waals surface area contributed by atoms with Gasteiger partial charge in [-0.2, -0.15) is 0 Å². The van der Waals surface area contributed by atoms with Crippen LogP contribution in [0.2, 0.25) is 20.1 Å². The lowest BCUT2D eigenvalue weighted by molar-refractivity contribution is 0.261. The lowest BCUT2D eigenvalue weighted by Gasteiger charge is -2.39. The van der Waals surface area contributed by atoms with E-state index in [4.69, 9.17) is 66.4 Å². The van der Waals surface area contributed by atoms with Crippen molar-refractivity contribution >= 4 is 90.8 Å². The highest BCUT2D eigenvalue weighted by atomic mass is 35.5. The van der Waals surface area contributed by atoms with E-state index in [0.717, 1.165) is 54.9 Å². The van der Waals surface area contributed by atoms with Crippen LogP contribution in [0, 0.1) is 0 Å². The molecule has 0 bridgehead atoms. The number of aliphatic imine (C=N–C) groups is 4. The minimum absolute atomic E-state index is 0.616. The predicted molar refractivity (Wildman–Crippen MR) is 243 cm³/mol. The first-order valence-electron chi connectivity index (χ1n) is 18.7. The molecule has 0 amide bonds. The van der Waals surface area contributed by atoms with Gasteiger partial charge in [0.2, 0.25) is 11.3 Å².